The van der Waals surface area contributed by atoms with Gasteiger partial charge in [-0.2, -0.15) is 0 Å². The van der Waals surface area contributed by atoms with Crippen molar-refractivity contribution in [2.24, 2.45) is 23.5 Å². The van der Waals surface area contributed by atoms with Crippen LogP contribution in [0.2, 0.25) is 0 Å². The Kier molecular flexibility index (Phi) is 8.70. The molecule has 0 aliphatic carbocycles. The Morgan fingerprint density at radius 1 is 1.27 bits per heavy atom. The van der Waals surface area contributed by atoms with E-state index >= 15 is 0 Å². The zero-order valence-electron chi connectivity index (χ0n) is 17.2. The van der Waals surface area contributed by atoms with E-state index in [4.69, 9.17) is 15.2 Å². The SMILES string of the molecule is CCC1OC(=O)C(C)C(O)C(C)C[C@@](C)(OC)CC(C)C(=O)CCC1N. The van der Waals surface area contributed by atoms with Crippen molar-refractivity contribution in [2.75, 3.05) is 7.11 Å². The molecule has 0 amide bonds. The van der Waals surface area contributed by atoms with Gasteiger partial charge in [0.05, 0.1) is 17.6 Å². The summed E-state index contributed by atoms with van der Waals surface area (Å²) in [4.78, 5) is 25.0. The summed E-state index contributed by atoms with van der Waals surface area (Å²) in [5.41, 5.74) is 5.64. The maximum Gasteiger partial charge on any atom is 0.311 e. The lowest BCUT2D eigenvalue weighted by molar-refractivity contribution is -0.161. The summed E-state index contributed by atoms with van der Waals surface area (Å²) in [5.74, 6) is -1.28. The van der Waals surface area contributed by atoms with Crippen LogP contribution < -0.4 is 5.73 Å². The first-order valence-electron chi connectivity index (χ1n) is 9.76. The van der Waals surface area contributed by atoms with Gasteiger partial charge in [-0.05, 0) is 45.4 Å². The molecule has 3 N–H and O–H groups in total. The van der Waals surface area contributed by atoms with Crippen LogP contribution in [0.4, 0.5) is 0 Å². The first-order valence-corrected chi connectivity index (χ1v) is 9.76. The number of aliphatic hydroxyl groups is 1. The minimum atomic E-state index is -0.848. The van der Waals surface area contributed by atoms with Crippen molar-refractivity contribution in [1.82, 2.24) is 0 Å². The smallest absolute Gasteiger partial charge is 0.311 e. The minimum absolute atomic E-state index is 0.142. The topological polar surface area (TPSA) is 98.9 Å². The Balaban J connectivity index is 3.09. The van der Waals surface area contributed by atoms with Crippen LogP contribution in [-0.2, 0) is 19.1 Å². The van der Waals surface area contributed by atoms with E-state index in [1.807, 2.05) is 27.7 Å². The fourth-order valence-corrected chi connectivity index (χ4v) is 3.92. The van der Waals surface area contributed by atoms with E-state index in [1.54, 1.807) is 14.0 Å². The van der Waals surface area contributed by atoms with Gasteiger partial charge in [0.25, 0.3) is 0 Å². The zero-order chi connectivity index (χ0) is 20.1. The average molecular weight is 372 g/mol. The van der Waals surface area contributed by atoms with Gasteiger partial charge in [-0.1, -0.05) is 20.8 Å². The highest BCUT2D eigenvalue weighted by atomic mass is 16.5. The molecule has 6 heteroatoms. The summed E-state index contributed by atoms with van der Waals surface area (Å²) in [6.07, 6.45) is 1.26. The van der Waals surface area contributed by atoms with E-state index in [0.717, 1.165) is 0 Å². The van der Waals surface area contributed by atoms with Gasteiger partial charge in [0, 0.05) is 25.5 Å². The highest BCUT2D eigenvalue weighted by Gasteiger charge is 2.37. The van der Waals surface area contributed by atoms with Gasteiger partial charge in [0.1, 0.15) is 11.9 Å². The maximum atomic E-state index is 12.5. The summed E-state index contributed by atoms with van der Waals surface area (Å²) < 4.78 is 11.3. The Morgan fingerprint density at radius 3 is 2.42 bits per heavy atom. The zero-order valence-corrected chi connectivity index (χ0v) is 17.2. The largest absolute Gasteiger partial charge is 0.460 e. The number of rotatable bonds is 2. The lowest BCUT2D eigenvalue weighted by Gasteiger charge is -2.36. The van der Waals surface area contributed by atoms with Crippen LogP contribution in [0.25, 0.3) is 0 Å². The summed E-state index contributed by atoms with van der Waals surface area (Å²) in [6.45, 7) is 9.35. The lowest BCUT2D eigenvalue weighted by Crippen LogP contribution is -2.44. The van der Waals surface area contributed by atoms with Crippen molar-refractivity contribution >= 4 is 11.8 Å². The highest BCUT2D eigenvalue weighted by Crippen LogP contribution is 2.32. The van der Waals surface area contributed by atoms with E-state index in [-0.39, 0.29) is 17.6 Å². The van der Waals surface area contributed by atoms with E-state index < -0.39 is 35.7 Å². The van der Waals surface area contributed by atoms with Crippen LogP contribution >= 0.6 is 0 Å². The molecule has 1 aliphatic rings. The number of ether oxygens (including phenoxy) is 2. The molecule has 26 heavy (non-hydrogen) atoms. The number of carbonyl (C=O) groups excluding carboxylic acids is 2. The monoisotopic (exact) mass is 371 g/mol. The van der Waals surface area contributed by atoms with Gasteiger partial charge in [-0.3, -0.25) is 9.59 Å². The highest BCUT2D eigenvalue weighted by molar-refractivity contribution is 5.80. The normalized spacial score (nSPS) is 41.4. The number of aliphatic hydroxyl groups excluding tert-OH is 1. The van der Waals surface area contributed by atoms with Gasteiger partial charge in [0.15, 0.2) is 0 Å². The Labute approximate surface area is 157 Å². The second-order valence-electron chi connectivity index (χ2n) is 8.27. The predicted octanol–water partition coefficient (Wildman–Crippen LogP) is 2.45. The third-order valence-corrected chi connectivity index (χ3v) is 5.87. The van der Waals surface area contributed by atoms with Crippen LogP contribution in [0.15, 0.2) is 0 Å². The van der Waals surface area contributed by atoms with Crippen LogP contribution in [0.5, 0.6) is 0 Å². The van der Waals surface area contributed by atoms with Crippen molar-refractivity contribution in [1.29, 1.82) is 0 Å². The van der Waals surface area contributed by atoms with Gasteiger partial charge < -0.3 is 20.3 Å². The maximum absolute atomic E-state index is 12.5. The molecule has 1 heterocycles. The van der Waals surface area contributed by atoms with E-state index in [1.165, 1.54) is 0 Å². The molecule has 0 bridgehead atoms. The van der Waals surface area contributed by atoms with Gasteiger partial charge in [-0.15, -0.1) is 0 Å². The number of carbonyl (C=O) groups is 2. The molecule has 0 radical (unpaired) electrons. The Hall–Kier alpha value is -0.980. The van der Waals surface area contributed by atoms with Crippen LogP contribution in [0, 0.1) is 17.8 Å². The number of nitrogens with two attached hydrogens (primary N) is 1. The quantitative estimate of drug-likeness (QED) is 0.724. The molecule has 6 nitrogen and oxygen atoms in total. The molecule has 1 rings (SSSR count). The molecule has 1 fully saturated rings. The molecule has 0 spiro atoms. The number of cyclic esters (lactones) is 1. The molecular weight excluding hydrogens is 334 g/mol. The van der Waals surface area contributed by atoms with E-state index in [9.17, 15) is 14.7 Å². The van der Waals surface area contributed by atoms with Gasteiger partial charge >= 0.3 is 5.97 Å². The lowest BCUT2D eigenvalue weighted by atomic mass is 9.79. The molecular formula is C20H37NO5. The molecule has 1 saturated heterocycles. The second kappa shape index (κ2) is 9.81. The van der Waals surface area contributed by atoms with Gasteiger partial charge in [-0.25, -0.2) is 0 Å². The minimum Gasteiger partial charge on any atom is -0.460 e. The van der Waals surface area contributed by atoms with Crippen molar-refractivity contribution in [3.05, 3.63) is 0 Å². The second-order valence-corrected chi connectivity index (χ2v) is 8.27. The van der Waals surface area contributed by atoms with Crippen molar-refractivity contribution < 1.29 is 24.2 Å². The van der Waals surface area contributed by atoms with Crippen LogP contribution in [-0.4, -0.2) is 47.8 Å². The molecule has 1 aliphatic heterocycles. The number of methoxy groups -OCH3 is 1. The fraction of sp³-hybridized carbons (Fsp3) is 0.900. The van der Waals surface area contributed by atoms with Crippen LogP contribution in [0.3, 0.4) is 0 Å². The molecule has 0 aromatic rings. The summed E-state index contributed by atoms with van der Waals surface area (Å²) >= 11 is 0. The predicted molar refractivity (Wildman–Crippen MR) is 101 cm³/mol. The third kappa shape index (κ3) is 6.03. The molecule has 7 atom stereocenters. The fourth-order valence-electron chi connectivity index (χ4n) is 3.92. The number of esters is 1. The first-order chi connectivity index (χ1) is 12.0. The third-order valence-electron chi connectivity index (χ3n) is 5.87. The number of ketones is 1. The Morgan fingerprint density at radius 2 is 1.88 bits per heavy atom. The molecule has 0 aromatic carbocycles. The van der Waals surface area contributed by atoms with Crippen molar-refractivity contribution in [3.8, 4) is 0 Å². The number of hydrogen-bond donors (Lipinski definition) is 2. The van der Waals surface area contributed by atoms with Crippen LogP contribution in [0.1, 0.15) is 66.7 Å². The standard InChI is InChI=1S/C20H37NO5/c1-7-17-15(21)8-9-16(22)12(2)10-20(5,25-6)11-13(3)18(23)14(4)19(24)26-17/h12-15,17-18,23H,7-11,21H2,1-6H3/t12?,13?,14?,15?,17?,18?,20-/m0/s1. The molecule has 0 saturated carbocycles. The van der Waals surface area contributed by atoms with E-state index in [2.05, 4.69) is 0 Å². The average Bonchev–Trinajstić information content (AvgIpc) is 2.61. The van der Waals surface area contributed by atoms with Crippen molar-refractivity contribution in [3.63, 3.8) is 0 Å². The number of hydrogen-bond acceptors (Lipinski definition) is 6. The number of Topliss-reactive ketones (excluding diaryl/α,β-unsaturated/α-hetero) is 1. The summed E-state index contributed by atoms with van der Waals surface area (Å²) in [7, 11) is 1.62. The molecule has 152 valence electrons. The molecule has 6 unspecified atom stereocenters. The van der Waals surface area contributed by atoms with E-state index in [0.29, 0.717) is 32.1 Å². The summed E-state index contributed by atoms with van der Waals surface area (Å²) in [6, 6.07) is -0.390. The first kappa shape index (κ1) is 23.1. The van der Waals surface area contributed by atoms with Crippen molar-refractivity contribution in [2.45, 2.75) is 90.6 Å². The van der Waals surface area contributed by atoms with Gasteiger partial charge in [0.2, 0.25) is 0 Å². The molecule has 0 aromatic heterocycles. The summed E-state index contributed by atoms with van der Waals surface area (Å²) in [5, 5.41) is 10.6. The Bertz CT molecular complexity index is 483.